The lowest BCUT2D eigenvalue weighted by Gasteiger charge is -2.18. The van der Waals surface area contributed by atoms with Crippen molar-refractivity contribution < 1.29 is 14.4 Å². The van der Waals surface area contributed by atoms with E-state index < -0.39 is 0 Å². The van der Waals surface area contributed by atoms with Crippen molar-refractivity contribution in [2.45, 2.75) is 12.8 Å². The molecule has 2 heterocycles. The van der Waals surface area contributed by atoms with Crippen LogP contribution in [0.15, 0.2) is 46.3 Å². The Bertz CT molecular complexity index is 828. The van der Waals surface area contributed by atoms with Gasteiger partial charge in [-0.15, -0.1) is 11.3 Å². The first-order valence-electron chi connectivity index (χ1n) is 7.24. The van der Waals surface area contributed by atoms with Crippen LogP contribution < -0.4 is 10.2 Å². The number of carbonyl (C=O) groups excluding carboxylic acids is 3. The molecule has 1 N–H and O–H groups in total. The van der Waals surface area contributed by atoms with Gasteiger partial charge in [0.05, 0.1) is 15.2 Å². The van der Waals surface area contributed by atoms with Crippen LogP contribution in [0.3, 0.4) is 0 Å². The van der Waals surface area contributed by atoms with E-state index in [0.29, 0.717) is 11.4 Å². The largest absolute Gasteiger partial charge is 0.321 e. The standard InChI is InChI=1S/C17H13BrN2O3S/c18-14-7-5-11(24-14)6-8-15(21)19-12-3-1-2-4-13(12)20-16(22)9-10-17(20)23/h1-8H,9-10H2,(H,19,21). The summed E-state index contributed by atoms with van der Waals surface area (Å²) in [6, 6.07) is 10.6. The Morgan fingerprint density at radius 3 is 2.50 bits per heavy atom. The lowest BCUT2D eigenvalue weighted by molar-refractivity contribution is -0.121. The molecule has 3 amide bonds. The third-order valence-electron chi connectivity index (χ3n) is 3.45. The van der Waals surface area contributed by atoms with Crippen LogP contribution in [-0.2, 0) is 14.4 Å². The minimum atomic E-state index is -0.328. The summed E-state index contributed by atoms with van der Waals surface area (Å²) in [4.78, 5) is 38.0. The quantitative estimate of drug-likeness (QED) is 0.622. The van der Waals surface area contributed by atoms with Gasteiger partial charge in [-0.2, -0.15) is 0 Å². The molecule has 122 valence electrons. The van der Waals surface area contributed by atoms with Gasteiger partial charge in [0.15, 0.2) is 0 Å². The predicted molar refractivity (Wildman–Crippen MR) is 97.9 cm³/mol. The van der Waals surface area contributed by atoms with E-state index in [1.165, 1.54) is 17.4 Å². The van der Waals surface area contributed by atoms with Gasteiger partial charge in [-0.1, -0.05) is 12.1 Å². The maximum absolute atomic E-state index is 12.1. The Kier molecular flexibility index (Phi) is 4.92. The zero-order valence-corrected chi connectivity index (χ0v) is 14.9. The monoisotopic (exact) mass is 404 g/mol. The summed E-state index contributed by atoms with van der Waals surface area (Å²) in [5, 5.41) is 2.73. The average molecular weight is 405 g/mol. The molecule has 0 unspecified atom stereocenters. The maximum atomic E-state index is 12.1. The second kappa shape index (κ2) is 7.11. The molecule has 0 radical (unpaired) electrons. The summed E-state index contributed by atoms with van der Waals surface area (Å²) >= 11 is 4.88. The molecule has 3 rings (SSSR count). The molecule has 0 aliphatic carbocycles. The van der Waals surface area contributed by atoms with Crippen molar-refractivity contribution in [3.63, 3.8) is 0 Å². The predicted octanol–water partition coefficient (Wildman–Crippen LogP) is 3.82. The van der Waals surface area contributed by atoms with Crippen LogP contribution >= 0.6 is 27.3 Å². The van der Waals surface area contributed by atoms with Crippen molar-refractivity contribution >= 4 is 62.4 Å². The molecule has 1 aromatic heterocycles. The number of benzene rings is 1. The fourth-order valence-electron chi connectivity index (χ4n) is 2.37. The number of hydrogen-bond acceptors (Lipinski definition) is 4. The highest BCUT2D eigenvalue weighted by atomic mass is 79.9. The van der Waals surface area contributed by atoms with Crippen molar-refractivity contribution in [3.05, 3.63) is 51.1 Å². The molecule has 24 heavy (non-hydrogen) atoms. The van der Waals surface area contributed by atoms with Crippen molar-refractivity contribution in [1.29, 1.82) is 0 Å². The summed E-state index contributed by atoms with van der Waals surface area (Å²) < 4.78 is 0.985. The first kappa shape index (κ1) is 16.6. The highest BCUT2D eigenvalue weighted by Crippen LogP contribution is 2.30. The molecule has 7 heteroatoms. The molecule has 0 bridgehead atoms. The number of thiophene rings is 1. The molecule has 0 saturated carbocycles. The van der Waals surface area contributed by atoms with E-state index in [0.717, 1.165) is 13.6 Å². The molecule has 2 aromatic rings. The maximum Gasteiger partial charge on any atom is 0.248 e. The van der Waals surface area contributed by atoms with Gasteiger partial charge in [-0.05, 0) is 46.3 Å². The molecular formula is C17H13BrN2O3S. The summed E-state index contributed by atoms with van der Waals surface area (Å²) in [7, 11) is 0. The Morgan fingerprint density at radius 1 is 1.12 bits per heavy atom. The van der Waals surface area contributed by atoms with Gasteiger partial charge in [-0.25, -0.2) is 4.90 Å². The number of para-hydroxylation sites is 2. The smallest absolute Gasteiger partial charge is 0.248 e. The van der Waals surface area contributed by atoms with Gasteiger partial charge in [0.1, 0.15) is 0 Å². The van der Waals surface area contributed by atoms with Gasteiger partial charge in [0.25, 0.3) is 0 Å². The topological polar surface area (TPSA) is 66.5 Å². The zero-order valence-electron chi connectivity index (χ0n) is 12.5. The van der Waals surface area contributed by atoms with E-state index in [2.05, 4.69) is 21.2 Å². The minimum absolute atomic E-state index is 0.203. The SMILES string of the molecule is O=C(C=Cc1ccc(Br)s1)Nc1ccccc1N1C(=O)CCC1=O. The highest BCUT2D eigenvalue weighted by Gasteiger charge is 2.31. The van der Waals surface area contributed by atoms with Crippen LogP contribution in [0.25, 0.3) is 6.08 Å². The molecule has 1 aliphatic rings. The van der Waals surface area contributed by atoms with E-state index in [1.54, 1.807) is 30.3 Å². The van der Waals surface area contributed by atoms with Crippen molar-refractivity contribution in [3.8, 4) is 0 Å². The normalized spacial score (nSPS) is 14.6. The second-order valence-electron chi connectivity index (χ2n) is 5.10. The molecule has 0 atom stereocenters. The third kappa shape index (κ3) is 3.63. The molecule has 1 saturated heterocycles. The van der Waals surface area contributed by atoms with Crippen LogP contribution in [0.4, 0.5) is 11.4 Å². The zero-order chi connectivity index (χ0) is 17.1. The third-order valence-corrected chi connectivity index (χ3v) is 5.04. The number of imide groups is 1. The van der Waals surface area contributed by atoms with E-state index >= 15 is 0 Å². The van der Waals surface area contributed by atoms with E-state index in [4.69, 9.17) is 0 Å². The summed E-state index contributed by atoms with van der Waals surface area (Å²) in [5.74, 6) is -0.826. The van der Waals surface area contributed by atoms with Crippen LogP contribution in [0.2, 0.25) is 0 Å². The number of amides is 3. The van der Waals surface area contributed by atoms with Crippen molar-refractivity contribution in [2.24, 2.45) is 0 Å². The lowest BCUT2D eigenvalue weighted by Crippen LogP contribution is -2.29. The molecule has 1 aromatic carbocycles. The van der Waals surface area contributed by atoms with Gasteiger partial charge in [0, 0.05) is 23.8 Å². The fraction of sp³-hybridized carbons (Fsp3) is 0.118. The minimum Gasteiger partial charge on any atom is -0.321 e. The van der Waals surface area contributed by atoms with Crippen LogP contribution in [0.5, 0.6) is 0 Å². The van der Waals surface area contributed by atoms with Crippen molar-refractivity contribution in [1.82, 2.24) is 0 Å². The molecule has 5 nitrogen and oxygen atoms in total. The Labute approximate surface area is 151 Å². The van der Waals surface area contributed by atoms with Crippen LogP contribution in [-0.4, -0.2) is 17.7 Å². The fourth-order valence-corrected chi connectivity index (χ4v) is 3.70. The second-order valence-corrected chi connectivity index (χ2v) is 7.60. The first-order valence-corrected chi connectivity index (χ1v) is 8.85. The van der Waals surface area contributed by atoms with Gasteiger partial charge < -0.3 is 5.32 Å². The number of nitrogens with zero attached hydrogens (tertiary/aromatic N) is 1. The highest BCUT2D eigenvalue weighted by molar-refractivity contribution is 9.11. The van der Waals surface area contributed by atoms with E-state index in [-0.39, 0.29) is 30.6 Å². The lowest BCUT2D eigenvalue weighted by atomic mass is 10.2. The molecular weight excluding hydrogens is 392 g/mol. The number of carbonyl (C=O) groups is 3. The number of rotatable bonds is 4. The summed E-state index contributed by atoms with van der Waals surface area (Å²) in [6.07, 6.45) is 3.53. The van der Waals surface area contributed by atoms with E-state index in [1.807, 2.05) is 12.1 Å². The van der Waals surface area contributed by atoms with E-state index in [9.17, 15) is 14.4 Å². The van der Waals surface area contributed by atoms with Crippen molar-refractivity contribution in [2.75, 3.05) is 10.2 Å². The van der Waals surface area contributed by atoms with Crippen LogP contribution in [0, 0.1) is 0 Å². The number of anilines is 2. The van der Waals surface area contributed by atoms with Crippen LogP contribution in [0.1, 0.15) is 17.7 Å². The Morgan fingerprint density at radius 2 is 1.83 bits per heavy atom. The van der Waals surface area contributed by atoms with Gasteiger partial charge in [-0.3, -0.25) is 14.4 Å². The first-order chi connectivity index (χ1) is 11.5. The molecule has 0 spiro atoms. The molecule has 1 fully saturated rings. The number of hydrogen-bond donors (Lipinski definition) is 1. The number of nitrogens with one attached hydrogen (secondary N) is 1. The van der Waals surface area contributed by atoms with Gasteiger partial charge >= 0.3 is 0 Å². The Hall–Kier alpha value is -2.25. The average Bonchev–Trinajstić information content (AvgIpc) is 3.12. The summed E-state index contributed by atoms with van der Waals surface area (Å²) in [6.45, 7) is 0. The van der Waals surface area contributed by atoms with Gasteiger partial charge in [0.2, 0.25) is 17.7 Å². The Balaban J connectivity index is 1.78. The summed E-state index contributed by atoms with van der Waals surface area (Å²) in [5.41, 5.74) is 0.841. The number of halogens is 1. The molecule has 1 aliphatic heterocycles.